The summed E-state index contributed by atoms with van der Waals surface area (Å²) in [6.45, 7) is 0.269. The summed E-state index contributed by atoms with van der Waals surface area (Å²) in [5.41, 5.74) is -0.199. The highest BCUT2D eigenvalue weighted by Gasteiger charge is 2.32. The number of halogens is 3. The van der Waals surface area contributed by atoms with Gasteiger partial charge in [0, 0.05) is 18.3 Å². The molecular formula is C13H12F3N3O. The predicted molar refractivity (Wildman–Crippen MR) is 67.4 cm³/mol. The molecule has 0 aliphatic carbocycles. The van der Waals surface area contributed by atoms with E-state index in [-0.39, 0.29) is 12.4 Å². The first kappa shape index (κ1) is 14.1. The lowest BCUT2D eigenvalue weighted by Crippen LogP contribution is -2.10. The van der Waals surface area contributed by atoms with E-state index in [4.69, 9.17) is 4.74 Å². The SMILES string of the molecule is COc1ncccc1CNc1cccc(C(F)(F)F)n1. The van der Waals surface area contributed by atoms with Gasteiger partial charge in [-0.3, -0.25) is 0 Å². The number of hydrogen-bond donors (Lipinski definition) is 1. The molecule has 2 aromatic heterocycles. The molecule has 106 valence electrons. The molecule has 0 spiro atoms. The van der Waals surface area contributed by atoms with Crippen molar-refractivity contribution >= 4 is 5.82 Å². The lowest BCUT2D eigenvalue weighted by atomic mass is 10.2. The van der Waals surface area contributed by atoms with Gasteiger partial charge in [-0.1, -0.05) is 12.1 Å². The van der Waals surface area contributed by atoms with Gasteiger partial charge >= 0.3 is 6.18 Å². The number of nitrogens with one attached hydrogen (secondary N) is 1. The van der Waals surface area contributed by atoms with Gasteiger partial charge in [-0.05, 0) is 18.2 Å². The standard InChI is InChI=1S/C13H12F3N3O/c1-20-12-9(4-3-7-17-12)8-18-11-6-2-5-10(19-11)13(14,15)16/h2-7H,8H2,1H3,(H,18,19). The van der Waals surface area contributed by atoms with Crippen molar-refractivity contribution in [2.24, 2.45) is 0 Å². The molecule has 1 N–H and O–H groups in total. The molecule has 0 aromatic carbocycles. The van der Waals surface area contributed by atoms with E-state index < -0.39 is 11.9 Å². The van der Waals surface area contributed by atoms with Gasteiger partial charge in [-0.2, -0.15) is 13.2 Å². The fraction of sp³-hybridized carbons (Fsp3) is 0.231. The van der Waals surface area contributed by atoms with Crippen molar-refractivity contribution in [3.05, 3.63) is 47.8 Å². The number of rotatable bonds is 4. The summed E-state index contributed by atoms with van der Waals surface area (Å²) in [6.07, 6.45) is -2.88. The molecule has 4 nitrogen and oxygen atoms in total. The molecule has 0 unspecified atom stereocenters. The van der Waals surface area contributed by atoms with E-state index >= 15 is 0 Å². The fourth-order valence-electron chi connectivity index (χ4n) is 1.62. The molecule has 7 heteroatoms. The third-order valence-corrected chi connectivity index (χ3v) is 2.54. The Morgan fingerprint density at radius 3 is 2.70 bits per heavy atom. The number of nitrogens with zero attached hydrogens (tertiary/aromatic N) is 2. The summed E-state index contributed by atoms with van der Waals surface area (Å²) in [5.74, 6) is 0.567. The van der Waals surface area contributed by atoms with Crippen molar-refractivity contribution in [2.45, 2.75) is 12.7 Å². The summed E-state index contributed by atoms with van der Waals surface area (Å²) in [4.78, 5) is 7.52. The number of aromatic nitrogens is 2. The Balaban J connectivity index is 2.11. The van der Waals surface area contributed by atoms with Crippen LogP contribution in [-0.4, -0.2) is 17.1 Å². The van der Waals surface area contributed by atoms with Crippen LogP contribution >= 0.6 is 0 Å². The summed E-state index contributed by atoms with van der Waals surface area (Å²) < 4.78 is 42.6. The van der Waals surface area contributed by atoms with E-state index in [1.54, 1.807) is 18.3 Å². The van der Waals surface area contributed by atoms with E-state index in [9.17, 15) is 13.2 Å². The zero-order chi connectivity index (χ0) is 14.6. The Kier molecular flexibility index (Phi) is 4.07. The zero-order valence-electron chi connectivity index (χ0n) is 10.6. The number of ether oxygens (including phenoxy) is 1. The minimum absolute atomic E-state index is 0.144. The van der Waals surface area contributed by atoms with Crippen molar-refractivity contribution in [1.29, 1.82) is 0 Å². The van der Waals surface area contributed by atoms with Gasteiger partial charge in [0.1, 0.15) is 11.5 Å². The molecule has 0 saturated carbocycles. The van der Waals surface area contributed by atoms with Crippen LogP contribution in [-0.2, 0) is 12.7 Å². The molecule has 0 aliphatic heterocycles. The van der Waals surface area contributed by atoms with Crippen molar-refractivity contribution in [3.8, 4) is 5.88 Å². The quantitative estimate of drug-likeness (QED) is 0.936. The lowest BCUT2D eigenvalue weighted by molar-refractivity contribution is -0.141. The Morgan fingerprint density at radius 2 is 2.00 bits per heavy atom. The fourth-order valence-corrected chi connectivity index (χ4v) is 1.62. The van der Waals surface area contributed by atoms with Crippen molar-refractivity contribution in [3.63, 3.8) is 0 Å². The zero-order valence-corrected chi connectivity index (χ0v) is 10.6. The van der Waals surface area contributed by atoms with Crippen LogP contribution in [0.15, 0.2) is 36.5 Å². The first-order chi connectivity index (χ1) is 9.50. The van der Waals surface area contributed by atoms with E-state index in [0.717, 1.165) is 11.6 Å². The molecule has 2 heterocycles. The molecule has 0 amide bonds. The van der Waals surface area contributed by atoms with Gasteiger partial charge in [0.2, 0.25) is 5.88 Å². The molecule has 2 rings (SSSR count). The van der Waals surface area contributed by atoms with Gasteiger partial charge in [0.25, 0.3) is 0 Å². The molecular weight excluding hydrogens is 271 g/mol. The first-order valence-electron chi connectivity index (χ1n) is 5.76. The van der Waals surface area contributed by atoms with Crippen LogP contribution in [0.3, 0.4) is 0 Å². The Bertz CT molecular complexity index is 587. The predicted octanol–water partition coefficient (Wildman–Crippen LogP) is 3.12. The van der Waals surface area contributed by atoms with Gasteiger partial charge < -0.3 is 10.1 Å². The number of methoxy groups -OCH3 is 1. The van der Waals surface area contributed by atoms with Gasteiger partial charge in [-0.25, -0.2) is 9.97 Å². The van der Waals surface area contributed by atoms with E-state index in [0.29, 0.717) is 5.88 Å². The second-order valence-corrected chi connectivity index (χ2v) is 3.93. The Morgan fingerprint density at radius 1 is 1.20 bits per heavy atom. The smallest absolute Gasteiger partial charge is 0.433 e. The van der Waals surface area contributed by atoms with Crippen LogP contribution in [0.4, 0.5) is 19.0 Å². The number of alkyl halides is 3. The highest BCUT2D eigenvalue weighted by atomic mass is 19.4. The molecule has 0 bridgehead atoms. The van der Waals surface area contributed by atoms with Crippen LogP contribution in [0, 0.1) is 0 Å². The third-order valence-electron chi connectivity index (χ3n) is 2.54. The summed E-state index contributed by atoms with van der Waals surface area (Å²) in [6, 6.07) is 7.19. The van der Waals surface area contributed by atoms with Gasteiger partial charge in [-0.15, -0.1) is 0 Å². The van der Waals surface area contributed by atoms with Crippen LogP contribution < -0.4 is 10.1 Å². The lowest BCUT2D eigenvalue weighted by Gasteiger charge is -2.11. The maximum Gasteiger partial charge on any atom is 0.433 e. The van der Waals surface area contributed by atoms with Crippen molar-refractivity contribution in [1.82, 2.24) is 9.97 Å². The van der Waals surface area contributed by atoms with Crippen LogP contribution in [0.25, 0.3) is 0 Å². The minimum Gasteiger partial charge on any atom is -0.481 e. The maximum atomic E-state index is 12.5. The van der Waals surface area contributed by atoms with Crippen LogP contribution in [0.5, 0.6) is 5.88 Å². The average molecular weight is 283 g/mol. The minimum atomic E-state index is -4.45. The molecule has 20 heavy (non-hydrogen) atoms. The average Bonchev–Trinajstić information content (AvgIpc) is 2.45. The molecule has 2 aromatic rings. The monoisotopic (exact) mass is 283 g/mol. The number of pyridine rings is 2. The Hall–Kier alpha value is -2.31. The second-order valence-electron chi connectivity index (χ2n) is 3.93. The second kappa shape index (κ2) is 5.77. The largest absolute Gasteiger partial charge is 0.481 e. The number of hydrogen-bond acceptors (Lipinski definition) is 4. The third kappa shape index (κ3) is 3.37. The van der Waals surface area contributed by atoms with Gasteiger partial charge in [0.15, 0.2) is 0 Å². The van der Waals surface area contributed by atoms with Crippen molar-refractivity contribution < 1.29 is 17.9 Å². The molecule has 0 radical (unpaired) electrons. The highest BCUT2D eigenvalue weighted by Crippen LogP contribution is 2.28. The molecule has 0 aliphatic rings. The molecule has 0 atom stereocenters. The van der Waals surface area contributed by atoms with Crippen LogP contribution in [0.1, 0.15) is 11.3 Å². The molecule has 0 fully saturated rings. The van der Waals surface area contributed by atoms with E-state index in [2.05, 4.69) is 15.3 Å². The normalized spacial score (nSPS) is 11.2. The van der Waals surface area contributed by atoms with E-state index in [1.165, 1.54) is 19.2 Å². The Labute approximate surface area is 113 Å². The first-order valence-corrected chi connectivity index (χ1v) is 5.76. The highest BCUT2D eigenvalue weighted by molar-refractivity contribution is 5.38. The summed E-state index contributed by atoms with van der Waals surface area (Å²) >= 11 is 0. The van der Waals surface area contributed by atoms with Crippen LogP contribution in [0.2, 0.25) is 0 Å². The topological polar surface area (TPSA) is 47.0 Å². The summed E-state index contributed by atoms with van der Waals surface area (Å²) in [7, 11) is 1.48. The molecule has 0 saturated heterocycles. The van der Waals surface area contributed by atoms with Crippen molar-refractivity contribution in [2.75, 3.05) is 12.4 Å². The van der Waals surface area contributed by atoms with Gasteiger partial charge in [0.05, 0.1) is 7.11 Å². The summed E-state index contributed by atoms with van der Waals surface area (Å²) in [5, 5.41) is 2.82. The maximum absolute atomic E-state index is 12.5. The van der Waals surface area contributed by atoms with E-state index in [1.807, 2.05) is 0 Å². The number of anilines is 1.